The van der Waals surface area contributed by atoms with Crippen molar-refractivity contribution in [2.24, 2.45) is 0 Å². The van der Waals surface area contributed by atoms with Crippen molar-refractivity contribution < 1.29 is 18.8 Å². The van der Waals surface area contributed by atoms with Gasteiger partial charge < -0.3 is 14.6 Å². The molecule has 0 spiro atoms. The minimum absolute atomic E-state index is 0.0430. The maximum absolute atomic E-state index is 12.5. The Bertz CT molecular complexity index is 1030. The first-order chi connectivity index (χ1) is 14.5. The van der Waals surface area contributed by atoms with E-state index in [-0.39, 0.29) is 24.0 Å². The number of aromatic nitrogens is 1. The maximum Gasteiger partial charge on any atom is 0.293 e. The molecule has 2 N–H and O–H groups in total. The summed E-state index contributed by atoms with van der Waals surface area (Å²) >= 11 is 1.22. The zero-order chi connectivity index (χ0) is 21.5. The van der Waals surface area contributed by atoms with Gasteiger partial charge in [0.05, 0.1) is 18.4 Å². The number of furan rings is 1. The fraction of sp³-hybridized carbons (Fsp3) is 0.238. The van der Waals surface area contributed by atoms with Gasteiger partial charge in [-0.15, -0.1) is 11.3 Å². The number of amides is 3. The van der Waals surface area contributed by atoms with Crippen LogP contribution in [0.25, 0.3) is 0 Å². The molecule has 0 bridgehead atoms. The molecule has 0 saturated heterocycles. The molecule has 2 heterocycles. The summed E-state index contributed by atoms with van der Waals surface area (Å²) in [4.78, 5) is 42.8. The van der Waals surface area contributed by atoms with Crippen molar-refractivity contribution >= 4 is 39.9 Å². The monoisotopic (exact) mass is 426 g/mol. The van der Waals surface area contributed by atoms with Crippen LogP contribution in [0, 0.1) is 0 Å². The van der Waals surface area contributed by atoms with E-state index in [2.05, 4.69) is 15.6 Å². The summed E-state index contributed by atoms with van der Waals surface area (Å²) in [6, 6.07) is 10.0. The summed E-state index contributed by atoms with van der Waals surface area (Å²) in [7, 11) is 0. The van der Waals surface area contributed by atoms with Gasteiger partial charge in [0, 0.05) is 29.7 Å². The molecule has 3 amide bonds. The van der Waals surface area contributed by atoms with Crippen LogP contribution in [0.5, 0.6) is 0 Å². The standard InChI is InChI=1S/C21H22N4O4S/c1-3-25(4-2)20(28)14-7-5-8-15(11-14)22-18(26)12-16-13-30-21(23-16)24-19(27)17-9-6-10-29-17/h5-11,13H,3-4,12H2,1-2H3,(H,22,26)(H,23,24,27). The van der Waals surface area contributed by atoms with Crippen LogP contribution in [0.15, 0.2) is 52.5 Å². The lowest BCUT2D eigenvalue weighted by Crippen LogP contribution is -2.30. The Hall–Kier alpha value is -3.46. The average molecular weight is 426 g/mol. The smallest absolute Gasteiger partial charge is 0.293 e. The van der Waals surface area contributed by atoms with Crippen LogP contribution >= 0.6 is 11.3 Å². The zero-order valence-electron chi connectivity index (χ0n) is 16.7. The van der Waals surface area contributed by atoms with Gasteiger partial charge in [0.15, 0.2) is 10.9 Å². The molecule has 0 radical (unpaired) electrons. The number of carbonyl (C=O) groups is 3. The predicted octanol–water partition coefficient (Wildman–Crippen LogP) is 3.65. The Labute approximate surface area is 177 Å². The molecule has 0 saturated carbocycles. The first-order valence-electron chi connectivity index (χ1n) is 9.48. The molecular weight excluding hydrogens is 404 g/mol. The van der Waals surface area contributed by atoms with Crippen molar-refractivity contribution in [2.75, 3.05) is 23.7 Å². The van der Waals surface area contributed by atoms with Gasteiger partial charge >= 0.3 is 0 Å². The van der Waals surface area contributed by atoms with E-state index >= 15 is 0 Å². The lowest BCUT2D eigenvalue weighted by atomic mass is 10.1. The average Bonchev–Trinajstić information content (AvgIpc) is 3.41. The van der Waals surface area contributed by atoms with Crippen molar-refractivity contribution in [3.05, 3.63) is 65.1 Å². The third-order valence-electron chi connectivity index (χ3n) is 4.30. The Balaban J connectivity index is 1.58. The number of rotatable bonds is 8. The molecule has 3 rings (SSSR count). The van der Waals surface area contributed by atoms with Crippen LogP contribution in [0.4, 0.5) is 10.8 Å². The van der Waals surface area contributed by atoms with Crippen molar-refractivity contribution in [2.45, 2.75) is 20.3 Å². The van der Waals surface area contributed by atoms with Gasteiger partial charge in [-0.3, -0.25) is 19.7 Å². The summed E-state index contributed by atoms with van der Waals surface area (Å²) < 4.78 is 5.03. The van der Waals surface area contributed by atoms with E-state index in [9.17, 15) is 14.4 Å². The number of carbonyl (C=O) groups excluding carboxylic acids is 3. The van der Waals surface area contributed by atoms with Crippen LogP contribution < -0.4 is 10.6 Å². The van der Waals surface area contributed by atoms with Crippen LogP contribution in [-0.2, 0) is 11.2 Å². The number of anilines is 2. The molecule has 0 aliphatic carbocycles. The van der Waals surface area contributed by atoms with E-state index in [0.717, 1.165) is 0 Å². The SMILES string of the molecule is CCN(CC)C(=O)c1cccc(NC(=O)Cc2csc(NC(=O)c3ccco3)n2)c1. The van der Waals surface area contributed by atoms with Crippen molar-refractivity contribution in [3.63, 3.8) is 0 Å². The molecule has 0 aliphatic rings. The zero-order valence-corrected chi connectivity index (χ0v) is 17.5. The Morgan fingerprint density at radius 3 is 2.60 bits per heavy atom. The Morgan fingerprint density at radius 1 is 1.10 bits per heavy atom. The lowest BCUT2D eigenvalue weighted by molar-refractivity contribution is -0.115. The first kappa shape index (κ1) is 21.3. The highest BCUT2D eigenvalue weighted by atomic mass is 32.1. The quantitative estimate of drug-likeness (QED) is 0.572. The first-order valence-corrected chi connectivity index (χ1v) is 10.4. The third kappa shape index (κ3) is 5.32. The summed E-state index contributed by atoms with van der Waals surface area (Å²) in [5, 5.41) is 7.50. The van der Waals surface area contributed by atoms with E-state index in [0.29, 0.717) is 35.2 Å². The maximum atomic E-state index is 12.5. The second-order valence-corrected chi connectivity index (χ2v) is 7.22. The Kier molecular flexibility index (Phi) is 6.97. The molecule has 8 nitrogen and oxygen atoms in total. The van der Waals surface area contributed by atoms with Crippen LogP contribution in [0.2, 0.25) is 0 Å². The number of hydrogen-bond acceptors (Lipinski definition) is 6. The van der Waals surface area contributed by atoms with Gasteiger partial charge in [0.25, 0.3) is 11.8 Å². The largest absolute Gasteiger partial charge is 0.459 e. The van der Waals surface area contributed by atoms with Gasteiger partial charge in [0.2, 0.25) is 5.91 Å². The molecule has 0 unspecified atom stereocenters. The predicted molar refractivity (Wildman–Crippen MR) is 115 cm³/mol. The van der Waals surface area contributed by atoms with E-state index in [1.165, 1.54) is 17.6 Å². The van der Waals surface area contributed by atoms with E-state index in [1.54, 1.807) is 46.7 Å². The fourth-order valence-electron chi connectivity index (χ4n) is 2.81. The normalized spacial score (nSPS) is 10.5. The molecule has 1 aromatic carbocycles. The van der Waals surface area contributed by atoms with Gasteiger partial charge in [-0.05, 0) is 44.2 Å². The molecule has 3 aromatic rings. The van der Waals surface area contributed by atoms with Crippen molar-refractivity contribution in [1.82, 2.24) is 9.88 Å². The van der Waals surface area contributed by atoms with Gasteiger partial charge in [-0.25, -0.2) is 4.98 Å². The number of nitrogens with zero attached hydrogens (tertiary/aromatic N) is 2. The minimum Gasteiger partial charge on any atom is -0.459 e. The third-order valence-corrected chi connectivity index (χ3v) is 5.11. The topological polar surface area (TPSA) is 105 Å². The summed E-state index contributed by atoms with van der Waals surface area (Å²) in [6.45, 7) is 5.08. The van der Waals surface area contributed by atoms with Crippen LogP contribution in [-0.4, -0.2) is 40.7 Å². The summed E-state index contributed by atoms with van der Waals surface area (Å²) in [5.41, 5.74) is 1.59. The second-order valence-electron chi connectivity index (χ2n) is 6.36. The summed E-state index contributed by atoms with van der Waals surface area (Å²) in [5.74, 6) is -0.562. The Morgan fingerprint density at radius 2 is 1.90 bits per heavy atom. The number of thiazole rings is 1. The van der Waals surface area contributed by atoms with Crippen LogP contribution in [0.1, 0.15) is 40.5 Å². The fourth-order valence-corrected chi connectivity index (χ4v) is 3.51. The second kappa shape index (κ2) is 9.84. The van der Waals surface area contributed by atoms with Crippen molar-refractivity contribution in [3.8, 4) is 0 Å². The number of hydrogen-bond donors (Lipinski definition) is 2. The summed E-state index contributed by atoms with van der Waals surface area (Å²) in [6.07, 6.45) is 1.46. The molecule has 156 valence electrons. The molecular formula is C21H22N4O4S. The highest BCUT2D eigenvalue weighted by Crippen LogP contribution is 2.18. The molecule has 0 aliphatic heterocycles. The number of nitrogens with one attached hydrogen (secondary N) is 2. The molecule has 30 heavy (non-hydrogen) atoms. The van der Waals surface area contributed by atoms with Crippen LogP contribution in [0.3, 0.4) is 0 Å². The molecule has 2 aromatic heterocycles. The molecule has 0 atom stereocenters. The highest BCUT2D eigenvalue weighted by Gasteiger charge is 2.15. The molecule has 0 fully saturated rings. The minimum atomic E-state index is -0.403. The van der Waals surface area contributed by atoms with Crippen molar-refractivity contribution in [1.29, 1.82) is 0 Å². The van der Waals surface area contributed by atoms with Gasteiger partial charge in [0.1, 0.15) is 0 Å². The molecule has 9 heteroatoms. The van der Waals surface area contributed by atoms with Gasteiger partial charge in [-0.1, -0.05) is 6.07 Å². The van der Waals surface area contributed by atoms with Gasteiger partial charge in [-0.2, -0.15) is 0 Å². The lowest BCUT2D eigenvalue weighted by Gasteiger charge is -2.19. The van der Waals surface area contributed by atoms with E-state index in [4.69, 9.17) is 4.42 Å². The van der Waals surface area contributed by atoms with E-state index in [1.807, 2.05) is 13.8 Å². The van der Waals surface area contributed by atoms with E-state index < -0.39 is 5.91 Å². The highest BCUT2D eigenvalue weighted by molar-refractivity contribution is 7.14. The number of benzene rings is 1.